The van der Waals surface area contributed by atoms with Crippen LogP contribution >= 0.6 is 12.4 Å². The van der Waals surface area contributed by atoms with Crippen molar-refractivity contribution in [3.63, 3.8) is 0 Å². The van der Waals surface area contributed by atoms with Crippen molar-refractivity contribution in [1.82, 2.24) is 15.2 Å². The molecule has 4 heterocycles. The van der Waals surface area contributed by atoms with Crippen molar-refractivity contribution in [3.8, 4) is 0 Å². The SMILES string of the molecule is Cl.O=C1Nc2ccc(CC3CCNC3=O)cc2/C1=C/c1c[nH]cc1CN1CCOCC1. The van der Waals surface area contributed by atoms with Gasteiger partial charge < -0.3 is 20.4 Å². The number of H-pyrrole nitrogens is 1. The molecule has 8 heteroatoms. The summed E-state index contributed by atoms with van der Waals surface area (Å²) in [5.41, 5.74) is 5.70. The topological polar surface area (TPSA) is 86.5 Å². The Morgan fingerprint density at radius 2 is 2.00 bits per heavy atom. The fourth-order valence-electron chi connectivity index (χ4n) is 4.46. The van der Waals surface area contributed by atoms with Crippen LogP contribution in [0.5, 0.6) is 0 Å². The van der Waals surface area contributed by atoms with Gasteiger partial charge in [-0.15, -0.1) is 12.4 Å². The van der Waals surface area contributed by atoms with Crippen molar-refractivity contribution in [1.29, 1.82) is 0 Å². The van der Waals surface area contributed by atoms with Crippen molar-refractivity contribution >= 4 is 41.6 Å². The van der Waals surface area contributed by atoms with Crippen molar-refractivity contribution in [2.75, 3.05) is 38.2 Å². The second-order valence-electron chi connectivity index (χ2n) is 8.20. The Labute approximate surface area is 187 Å². The molecule has 164 valence electrons. The largest absolute Gasteiger partial charge is 0.379 e. The molecule has 3 aliphatic heterocycles. The Hall–Kier alpha value is -2.61. The summed E-state index contributed by atoms with van der Waals surface area (Å²) in [5.74, 6) is 0.0603. The Balaban J connectivity index is 0.00000231. The fraction of sp³-hybridized carbons (Fsp3) is 0.391. The zero-order valence-electron chi connectivity index (χ0n) is 17.3. The van der Waals surface area contributed by atoms with Crippen molar-refractivity contribution in [2.45, 2.75) is 19.4 Å². The first-order chi connectivity index (χ1) is 14.7. The Kier molecular flexibility index (Phi) is 6.46. The Morgan fingerprint density at radius 3 is 2.77 bits per heavy atom. The molecule has 0 spiro atoms. The van der Waals surface area contributed by atoms with Gasteiger partial charge in [-0.2, -0.15) is 0 Å². The molecule has 2 fully saturated rings. The van der Waals surface area contributed by atoms with Gasteiger partial charge in [0.05, 0.1) is 13.2 Å². The Morgan fingerprint density at radius 1 is 1.16 bits per heavy atom. The molecule has 0 saturated carbocycles. The summed E-state index contributed by atoms with van der Waals surface area (Å²) in [7, 11) is 0. The van der Waals surface area contributed by atoms with E-state index in [1.165, 1.54) is 5.56 Å². The Bertz CT molecular complexity index is 1010. The van der Waals surface area contributed by atoms with Crippen LogP contribution in [0.25, 0.3) is 11.6 Å². The number of hydrogen-bond acceptors (Lipinski definition) is 4. The standard InChI is InChI=1S/C23H26N4O3.ClH/c28-22-16(3-4-25-22)9-15-1-2-21-19(10-15)20(23(29)26-21)11-17-12-24-13-18(17)14-27-5-7-30-8-6-27;/h1-2,10-13,16,24H,3-9,14H2,(H,25,28)(H,26,29);1H/b20-11-;. The number of rotatable bonds is 5. The quantitative estimate of drug-likeness (QED) is 0.621. The molecule has 1 unspecified atom stereocenters. The summed E-state index contributed by atoms with van der Waals surface area (Å²) in [4.78, 5) is 30.2. The minimum absolute atomic E-state index is 0. The van der Waals surface area contributed by atoms with Gasteiger partial charge in [-0.3, -0.25) is 14.5 Å². The van der Waals surface area contributed by atoms with Crippen LogP contribution in [0, 0.1) is 5.92 Å². The number of aromatic amines is 1. The third-order valence-electron chi connectivity index (χ3n) is 6.18. The van der Waals surface area contributed by atoms with E-state index in [2.05, 4.69) is 26.6 Å². The van der Waals surface area contributed by atoms with Gasteiger partial charge in [0.15, 0.2) is 0 Å². The maximum Gasteiger partial charge on any atom is 0.256 e. The number of benzene rings is 1. The second-order valence-corrected chi connectivity index (χ2v) is 8.20. The van der Waals surface area contributed by atoms with E-state index in [1.54, 1.807) is 0 Å². The van der Waals surface area contributed by atoms with E-state index in [4.69, 9.17) is 4.74 Å². The van der Waals surface area contributed by atoms with Crippen LogP contribution in [0.4, 0.5) is 5.69 Å². The smallest absolute Gasteiger partial charge is 0.256 e. The highest BCUT2D eigenvalue weighted by molar-refractivity contribution is 6.35. The number of anilines is 1. The van der Waals surface area contributed by atoms with E-state index in [0.717, 1.165) is 68.2 Å². The number of amides is 2. The minimum atomic E-state index is -0.0840. The highest BCUT2D eigenvalue weighted by Gasteiger charge is 2.27. The maximum atomic E-state index is 12.7. The minimum Gasteiger partial charge on any atom is -0.379 e. The molecule has 3 aliphatic rings. The normalized spacial score (nSPS) is 22.2. The number of halogens is 1. The number of hydrogen-bond donors (Lipinski definition) is 3. The van der Waals surface area contributed by atoms with Crippen LogP contribution in [0.1, 0.15) is 28.7 Å². The molecular weight excluding hydrogens is 416 g/mol. The van der Waals surface area contributed by atoms with Gasteiger partial charge in [0.25, 0.3) is 5.91 Å². The third kappa shape index (κ3) is 4.54. The van der Waals surface area contributed by atoms with E-state index in [9.17, 15) is 9.59 Å². The summed E-state index contributed by atoms with van der Waals surface area (Å²) < 4.78 is 5.44. The van der Waals surface area contributed by atoms with Crippen LogP contribution in [-0.2, 0) is 27.3 Å². The zero-order valence-corrected chi connectivity index (χ0v) is 18.1. The maximum absolute atomic E-state index is 12.7. The van der Waals surface area contributed by atoms with Gasteiger partial charge >= 0.3 is 0 Å². The first-order valence-corrected chi connectivity index (χ1v) is 10.6. The van der Waals surface area contributed by atoms with Crippen molar-refractivity contribution in [2.24, 2.45) is 5.92 Å². The van der Waals surface area contributed by atoms with E-state index >= 15 is 0 Å². The number of nitrogens with zero attached hydrogens (tertiary/aromatic N) is 1. The second kappa shape index (κ2) is 9.26. The molecule has 0 radical (unpaired) electrons. The number of fused-ring (bicyclic) bond motifs is 1. The highest BCUT2D eigenvalue weighted by atomic mass is 35.5. The molecule has 2 aromatic rings. The summed E-state index contributed by atoms with van der Waals surface area (Å²) >= 11 is 0. The van der Waals surface area contributed by atoms with Crippen LogP contribution < -0.4 is 10.6 Å². The number of nitrogens with one attached hydrogen (secondary N) is 3. The number of aromatic nitrogens is 1. The first kappa shape index (κ1) is 21.6. The van der Waals surface area contributed by atoms with Crippen LogP contribution in [0.3, 0.4) is 0 Å². The van der Waals surface area contributed by atoms with E-state index in [0.29, 0.717) is 12.0 Å². The van der Waals surface area contributed by atoms with Crippen molar-refractivity contribution in [3.05, 3.63) is 52.8 Å². The molecule has 0 aliphatic carbocycles. The predicted octanol–water partition coefficient (Wildman–Crippen LogP) is 2.44. The molecule has 7 nitrogen and oxygen atoms in total. The molecule has 3 N–H and O–H groups in total. The molecule has 0 bridgehead atoms. The molecule has 2 saturated heterocycles. The third-order valence-corrected chi connectivity index (χ3v) is 6.18. The monoisotopic (exact) mass is 442 g/mol. The van der Waals surface area contributed by atoms with Gasteiger partial charge in [-0.25, -0.2) is 0 Å². The van der Waals surface area contributed by atoms with Crippen LogP contribution in [-0.4, -0.2) is 54.5 Å². The van der Waals surface area contributed by atoms with E-state index in [-0.39, 0.29) is 30.1 Å². The van der Waals surface area contributed by atoms with Gasteiger partial charge in [0.2, 0.25) is 5.91 Å². The molecule has 5 rings (SSSR count). The van der Waals surface area contributed by atoms with Gasteiger partial charge in [0.1, 0.15) is 0 Å². The molecule has 31 heavy (non-hydrogen) atoms. The van der Waals surface area contributed by atoms with E-state index < -0.39 is 0 Å². The average Bonchev–Trinajstić information content (AvgIpc) is 3.44. The highest BCUT2D eigenvalue weighted by Crippen LogP contribution is 2.35. The molecule has 1 aromatic carbocycles. The lowest BCUT2D eigenvalue weighted by Gasteiger charge is -2.26. The lowest BCUT2D eigenvalue weighted by atomic mass is 9.94. The summed E-state index contributed by atoms with van der Waals surface area (Å²) in [5, 5.41) is 5.86. The van der Waals surface area contributed by atoms with E-state index in [1.807, 2.05) is 30.6 Å². The van der Waals surface area contributed by atoms with Crippen LogP contribution in [0.2, 0.25) is 0 Å². The molecule has 2 amide bonds. The summed E-state index contributed by atoms with van der Waals surface area (Å²) in [6.07, 6.45) is 7.49. The average molecular weight is 443 g/mol. The zero-order chi connectivity index (χ0) is 20.5. The lowest BCUT2D eigenvalue weighted by Crippen LogP contribution is -2.35. The van der Waals surface area contributed by atoms with Gasteiger partial charge in [-0.1, -0.05) is 6.07 Å². The molecule has 1 aromatic heterocycles. The number of ether oxygens (including phenoxy) is 1. The lowest BCUT2D eigenvalue weighted by molar-refractivity contribution is -0.122. The number of morpholine rings is 1. The predicted molar refractivity (Wildman–Crippen MR) is 122 cm³/mol. The first-order valence-electron chi connectivity index (χ1n) is 10.6. The molecular formula is C23H27ClN4O3. The van der Waals surface area contributed by atoms with Crippen LogP contribution in [0.15, 0.2) is 30.6 Å². The van der Waals surface area contributed by atoms with Gasteiger partial charge in [-0.05, 0) is 47.7 Å². The molecule has 1 atom stereocenters. The van der Waals surface area contributed by atoms with Gasteiger partial charge in [0, 0.05) is 61.3 Å². The summed E-state index contributed by atoms with van der Waals surface area (Å²) in [6, 6.07) is 6.01. The number of carbonyl (C=O) groups excluding carboxylic acids is 2. The van der Waals surface area contributed by atoms with Crippen molar-refractivity contribution < 1.29 is 14.3 Å². The fourth-order valence-corrected chi connectivity index (χ4v) is 4.46. The number of carbonyl (C=O) groups is 2. The summed E-state index contributed by atoms with van der Waals surface area (Å²) in [6.45, 7) is 4.94.